The van der Waals surface area contributed by atoms with Crippen LogP contribution in [0.1, 0.15) is 27.7 Å². The first-order valence-corrected chi connectivity index (χ1v) is 12.1. The van der Waals surface area contributed by atoms with Crippen molar-refractivity contribution in [1.82, 2.24) is 19.8 Å². The number of fused-ring (bicyclic) bond motifs is 3. The molecule has 2 N–H and O–H groups in total. The first kappa shape index (κ1) is 23.1. The SMILES string of the molecule is CC(C)N1CCN=C1CN1CC(C)(C)OC[C@H]1C(=O)Nc1cc(Cl)cc2c1[nH]c1cnccc12. The predicted octanol–water partition coefficient (Wildman–Crippen LogP) is 3.91. The second kappa shape index (κ2) is 8.83. The maximum Gasteiger partial charge on any atom is 0.244 e. The number of hydrogen-bond donors (Lipinski definition) is 2. The smallest absolute Gasteiger partial charge is 0.244 e. The van der Waals surface area contributed by atoms with Crippen molar-refractivity contribution in [2.24, 2.45) is 4.99 Å². The average molecular weight is 483 g/mol. The van der Waals surface area contributed by atoms with Crippen molar-refractivity contribution in [3.05, 3.63) is 35.6 Å². The first-order chi connectivity index (χ1) is 16.2. The van der Waals surface area contributed by atoms with Gasteiger partial charge in [-0.1, -0.05) is 11.6 Å². The van der Waals surface area contributed by atoms with Crippen molar-refractivity contribution in [1.29, 1.82) is 0 Å². The third-order valence-corrected chi connectivity index (χ3v) is 6.84. The van der Waals surface area contributed by atoms with Crippen molar-refractivity contribution in [3.63, 3.8) is 0 Å². The number of halogens is 1. The molecule has 1 aromatic carbocycles. The summed E-state index contributed by atoms with van der Waals surface area (Å²) in [5.41, 5.74) is 2.03. The molecular weight excluding hydrogens is 452 g/mol. The van der Waals surface area contributed by atoms with Crippen molar-refractivity contribution in [2.75, 3.05) is 38.1 Å². The molecule has 9 heteroatoms. The molecule has 1 amide bonds. The Bertz CT molecular complexity index is 1270. The summed E-state index contributed by atoms with van der Waals surface area (Å²) in [6.07, 6.45) is 3.52. The molecule has 0 spiro atoms. The number of aromatic nitrogens is 2. The molecule has 0 unspecified atom stereocenters. The number of morpholine rings is 1. The minimum Gasteiger partial charge on any atom is -0.372 e. The van der Waals surface area contributed by atoms with E-state index >= 15 is 0 Å². The van der Waals surface area contributed by atoms with Crippen LogP contribution in [0.25, 0.3) is 21.8 Å². The molecule has 34 heavy (non-hydrogen) atoms. The molecule has 2 aromatic heterocycles. The van der Waals surface area contributed by atoms with E-state index in [9.17, 15) is 4.79 Å². The number of anilines is 1. The minimum absolute atomic E-state index is 0.120. The average Bonchev–Trinajstić information content (AvgIpc) is 3.38. The molecule has 1 atom stereocenters. The number of H-pyrrole nitrogens is 1. The van der Waals surface area contributed by atoms with Crippen molar-refractivity contribution < 1.29 is 9.53 Å². The van der Waals surface area contributed by atoms with E-state index in [1.165, 1.54) is 0 Å². The third kappa shape index (κ3) is 4.37. The fourth-order valence-corrected chi connectivity index (χ4v) is 5.20. The standard InChI is InChI=1S/C25H31ClN6O2/c1-15(2)32-8-7-28-22(32)12-31-14-25(3,4)34-13-21(31)24(33)30-19-10-16(26)9-18-17-5-6-27-11-20(17)29-23(18)19/h5-6,9-11,15,21,29H,7-8,12-14H2,1-4H3,(H,30,33)/t21-/m0/s1. The molecule has 1 saturated heterocycles. The van der Waals surface area contributed by atoms with E-state index in [1.54, 1.807) is 18.5 Å². The Labute approximate surface area is 204 Å². The normalized spacial score (nSPS) is 20.9. The number of nitrogens with zero attached hydrogens (tertiary/aromatic N) is 4. The summed E-state index contributed by atoms with van der Waals surface area (Å²) in [4.78, 5) is 30.4. The van der Waals surface area contributed by atoms with Gasteiger partial charge in [-0.15, -0.1) is 0 Å². The molecule has 1 fully saturated rings. The number of benzene rings is 1. The van der Waals surface area contributed by atoms with Crippen LogP contribution < -0.4 is 5.32 Å². The number of aromatic amines is 1. The highest BCUT2D eigenvalue weighted by Crippen LogP contribution is 2.33. The lowest BCUT2D eigenvalue weighted by molar-refractivity contribution is -0.141. The van der Waals surface area contributed by atoms with E-state index in [0.29, 0.717) is 36.4 Å². The molecule has 0 saturated carbocycles. The van der Waals surface area contributed by atoms with Crippen molar-refractivity contribution >= 4 is 50.8 Å². The zero-order valence-electron chi connectivity index (χ0n) is 20.1. The van der Waals surface area contributed by atoms with Gasteiger partial charge < -0.3 is 19.9 Å². The Kier molecular flexibility index (Phi) is 6.00. The van der Waals surface area contributed by atoms with Crippen LogP contribution in [0.5, 0.6) is 0 Å². The number of hydrogen-bond acceptors (Lipinski definition) is 6. The largest absolute Gasteiger partial charge is 0.372 e. The topological polar surface area (TPSA) is 85.9 Å². The Morgan fingerprint density at radius 3 is 2.97 bits per heavy atom. The van der Waals surface area contributed by atoms with Crippen LogP contribution in [0.15, 0.2) is 35.6 Å². The number of rotatable bonds is 5. The Balaban J connectivity index is 1.43. The number of amidine groups is 1. The van der Waals surface area contributed by atoms with Gasteiger partial charge in [-0.05, 0) is 45.9 Å². The zero-order chi connectivity index (χ0) is 24.0. The van der Waals surface area contributed by atoms with Gasteiger partial charge in [-0.2, -0.15) is 0 Å². The highest BCUT2D eigenvalue weighted by atomic mass is 35.5. The lowest BCUT2D eigenvalue weighted by atomic mass is 10.0. The van der Waals surface area contributed by atoms with Crippen LogP contribution in [0.3, 0.4) is 0 Å². The van der Waals surface area contributed by atoms with Gasteiger partial charge in [-0.25, -0.2) is 0 Å². The molecule has 3 aromatic rings. The van der Waals surface area contributed by atoms with Crippen LogP contribution >= 0.6 is 11.6 Å². The van der Waals surface area contributed by atoms with Gasteiger partial charge >= 0.3 is 0 Å². The Hall–Kier alpha value is -2.68. The summed E-state index contributed by atoms with van der Waals surface area (Å²) < 4.78 is 6.07. The van der Waals surface area contributed by atoms with E-state index in [2.05, 4.69) is 52.8 Å². The predicted molar refractivity (Wildman–Crippen MR) is 137 cm³/mol. The summed E-state index contributed by atoms with van der Waals surface area (Å²) in [6, 6.07) is 5.56. The summed E-state index contributed by atoms with van der Waals surface area (Å²) in [7, 11) is 0. The summed E-state index contributed by atoms with van der Waals surface area (Å²) in [5, 5.41) is 5.65. The fraction of sp³-hybridized carbons (Fsp3) is 0.480. The molecule has 2 aliphatic heterocycles. The fourth-order valence-electron chi connectivity index (χ4n) is 4.98. The summed E-state index contributed by atoms with van der Waals surface area (Å²) >= 11 is 6.44. The van der Waals surface area contributed by atoms with E-state index in [-0.39, 0.29) is 11.5 Å². The zero-order valence-corrected chi connectivity index (χ0v) is 20.8. The Morgan fingerprint density at radius 1 is 1.35 bits per heavy atom. The monoisotopic (exact) mass is 482 g/mol. The molecule has 8 nitrogen and oxygen atoms in total. The quantitative estimate of drug-likeness (QED) is 0.576. The first-order valence-electron chi connectivity index (χ1n) is 11.8. The van der Waals surface area contributed by atoms with E-state index < -0.39 is 6.04 Å². The number of ether oxygens (including phenoxy) is 1. The van der Waals surface area contributed by atoms with Gasteiger partial charge in [0.05, 0.1) is 48.2 Å². The van der Waals surface area contributed by atoms with Crippen LogP contribution in [-0.4, -0.2) is 82.0 Å². The van der Waals surface area contributed by atoms with Crippen LogP contribution in [-0.2, 0) is 9.53 Å². The maximum atomic E-state index is 13.6. The minimum atomic E-state index is -0.439. The summed E-state index contributed by atoms with van der Waals surface area (Å²) in [6.45, 7) is 11.8. The lowest BCUT2D eigenvalue weighted by Gasteiger charge is -2.43. The number of aliphatic imine (C=N–C) groups is 1. The second-order valence-corrected chi connectivity index (χ2v) is 10.4. The number of amides is 1. The van der Waals surface area contributed by atoms with Crippen LogP contribution in [0.4, 0.5) is 5.69 Å². The highest BCUT2D eigenvalue weighted by molar-refractivity contribution is 6.33. The second-order valence-electron chi connectivity index (χ2n) is 9.99. The molecule has 180 valence electrons. The lowest BCUT2D eigenvalue weighted by Crippen LogP contribution is -2.60. The number of pyridine rings is 1. The molecule has 0 radical (unpaired) electrons. The highest BCUT2D eigenvalue weighted by Gasteiger charge is 2.39. The van der Waals surface area contributed by atoms with Crippen LogP contribution in [0, 0.1) is 0 Å². The van der Waals surface area contributed by atoms with Gasteiger partial charge in [0.15, 0.2) is 0 Å². The van der Waals surface area contributed by atoms with Gasteiger partial charge in [0, 0.05) is 41.1 Å². The molecule has 0 aliphatic carbocycles. The molecule has 2 aliphatic rings. The third-order valence-electron chi connectivity index (χ3n) is 6.63. The molecule has 0 bridgehead atoms. The molecule has 5 rings (SSSR count). The van der Waals surface area contributed by atoms with Gasteiger partial charge in [0.1, 0.15) is 11.9 Å². The number of nitrogens with one attached hydrogen (secondary N) is 2. The molecular formula is C25H31ClN6O2. The van der Waals surface area contributed by atoms with Crippen molar-refractivity contribution in [2.45, 2.75) is 45.4 Å². The van der Waals surface area contributed by atoms with E-state index in [0.717, 1.165) is 40.7 Å². The van der Waals surface area contributed by atoms with Gasteiger partial charge in [0.25, 0.3) is 0 Å². The Morgan fingerprint density at radius 2 is 2.18 bits per heavy atom. The van der Waals surface area contributed by atoms with Crippen LogP contribution in [0.2, 0.25) is 5.02 Å². The van der Waals surface area contributed by atoms with E-state index in [1.807, 2.05) is 12.1 Å². The summed E-state index contributed by atoms with van der Waals surface area (Å²) in [5.74, 6) is 0.921. The van der Waals surface area contributed by atoms with Gasteiger partial charge in [-0.3, -0.25) is 19.7 Å². The number of carbonyl (C=O) groups excluding carboxylic acids is 1. The van der Waals surface area contributed by atoms with Crippen molar-refractivity contribution in [3.8, 4) is 0 Å². The van der Waals surface area contributed by atoms with Gasteiger partial charge in [0.2, 0.25) is 5.91 Å². The molecule has 4 heterocycles. The van der Waals surface area contributed by atoms with E-state index in [4.69, 9.17) is 21.3 Å². The maximum absolute atomic E-state index is 13.6. The number of carbonyl (C=O) groups is 1.